The molecule has 20 heavy (non-hydrogen) atoms. The number of nitrogens with zero attached hydrogens (tertiary/aromatic N) is 2. The number of benzene rings is 1. The average molecular weight is 295 g/mol. The predicted octanol–water partition coefficient (Wildman–Crippen LogP) is 3.46. The van der Waals surface area contributed by atoms with Crippen LogP contribution in [0.2, 0.25) is 0 Å². The summed E-state index contributed by atoms with van der Waals surface area (Å²) >= 11 is 1.46. The van der Waals surface area contributed by atoms with E-state index < -0.39 is 11.6 Å². The number of thiazole rings is 1. The maximum absolute atomic E-state index is 13.6. The van der Waals surface area contributed by atoms with E-state index in [-0.39, 0.29) is 6.04 Å². The minimum atomic E-state index is -0.831. The van der Waals surface area contributed by atoms with Crippen molar-refractivity contribution in [3.63, 3.8) is 0 Å². The summed E-state index contributed by atoms with van der Waals surface area (Å²) in [6.07, 6.45) is 1.69. The molecule has 0 bridgehead atoms. The third kappa shape index (κ3) is 2.85. The van der Waals surface area contributed by atoms with E-state index in [1.54, 1.807) is 26.2 Å². The monoisotopic (exact) mass is 295 g/mol. The van der Waals surface area contributed by atoms with Crippen LogP contribution >= 0.6 is 11.3 Å². The number of hydrogen-bond acceptors (Lipinski definition) is 3. The van der Waals surface area contributed by atoms with Gasteiger partial charge in [0.1, 0.15) is 0 Å². The first-order chi connectivity index (χ1) is 9.54. The molecule has 6 heteroatoms. The highest BCUT2D eigenvalue weighted by Gasteiger charge is 2.16. The zero-order valence-corrected chi connectivity index (χ0v) is 12.3. The molecule has 0 fully saturated rings. The first-order valence-corrected chi connectivity index (χ1v) is 7.00. The summed E-state index contributed by atoms with van der Waals surface area (Å²) in [6.45, 7) is 3.44. The lowest BCUT2D eigenvalue weighted by Crippen LogP contribution is -2.28. The van der Waals surface area contributed by atoms with Gasteiger partial charge in [-0.25, -0.2) is 13.8 Å². The van der Waals surface area contributed by atoms with E-state index in [4.69, 9.17) is 0 Å². The number of hydrogen-bond donors (Lipinski definition) is 1. The Balaban J connectivity index is 2.24. The largest absolute Gasteiger partial charge is 0.361 e. The molecule has 2 rings (SSSR count). The molecule has 0 spiro atoms. The maximum Gasteiger partial charge on any atom is 0.162 e. The van der Waals surface area contributed by atoms with Crippen molar-refractivity contribution in [1.82, 2.24) is 10.3 Å². The van der Waals surface area contributed by atoms with Gasteiger partial charge in [0.25, 0.3) is 0 Å². The van der Waals surface area contributed by atoms with Gasteiger partial charge >= 0.3 is 0 Å². The fourth-order valence-corrected chi connectivity index (χ4v) is 2.62. The molecule has 0 radical (unpaired) electrons. The number of halogens is 2. The Morgan fingerprint density at radius 3 is 2.75 bits per heavy atom. The maximum atomic E-state index is 13.6. The van der Waals surface area contributed by atoms with Crippen LogP contribution in [0.25, 0.3) is 0 Å². The van der Waals surface area contributed by atoms with Gasteiger partial charge in [-0.05, 0) is 31.0 Å². The lowest BCUT2D eigenvalue weighted by Gasteiger charge is -2.18. The average Bonchev–Trinajstić information content (AvgIpc) is 2.96. The lowest BCUT2D eigenvalue weighted by atomic mass is 10.0. The van der Waals surface area contributed by atoms with Crippen molar-refractivity contribution in [3.8, 4) is 0 Å². The van der Waals surface area contributed by atoms with Gasteiger partial charge in [0.2, 0.25) is 0 Å². The minimum absolute atomic E-state index is 0.201. The highest BCUT2D eigenvalue weighted by Crippen LogP contribution is 2.22. The molecule has 106 valence electrons. The molecule has 0 aliphatic rings. The van der Waals surface area contributed by atoms with E-state index in [2.05, 4.69) is 15.3 Å². The second-order valence-corrected chi connectivity index (χ2v) is 5.25. The standard InChI is InChI=1S/C14H15F2N3S/c1-8-10(4-5-11(15)12(8)16)9(2)19-13(17-3)14-18-6-7-20-14/h4-7,9H,1-3H3,(H,17,19)/t9-/m1/s1. The van der Waals surface area contributed by atoms with Crippen LogP contribution in [0.4, 0.5) is 8.78 Å². The second-order valence-electron chi connectivity index (χ2n) is 4.35. The van der Waals surface area contributed by atoms with Crippen molar-refractivity contribution >= 4 is 17.2 Å². The summed E-state index contributed by atoms with van der Waals surface area (Å²) in [5, 5.41) is 5.80. The molecule has 1 aromatic carbocycles. The summed E-state index contributed by atoms with van der Waals surface area (Å²) in [4.78, 5) is 8.33. The Bertz CT molecular complexity index is 624. The van der Waals surface area contributed by atoms with E-state index in [1.165, 1.54) is 11.3 Å². The van der Waals surface area contributed by atoms with Crippen LogP contribution in [0.1, 0.15) is 29.1 Å². The Morgan fingerprint density at radius 2 is 2.15 bits per heavy atom. The van der Waals surface area contributed by atoms with E-state index >= 15 is 0 Å². The molecule has 0 aliphatic heterocycles. The van der Waals surface area contributed by atoms with Crippen LogP contribution in [0, 0.1) is 18.6 Å². The molecule has 0 saturated carbocycles. The van der Waals surface area contributed by atoms with Gasteiger partial charge in [-0.1, -0.05) is 6.07 Å². The van der Waals surface area contributed by atoms with E-state index in [9.17, 15) is 8.78 Å². The van der Waals surface area contributed by atoms with Gasteiger partial charge in [-0.2, -0.15) is 0 Å². The smallest absolute Gasteiger partial charge is 0.162 e. The van der Waals surface area contributed by atoms with E-state index in [0.717, 1.165) is 11.1 Å². The lowest BCUT2D eigenvalue weighted by molar-refractivity contribution is 0.498. The van der Waals surface area contributed by atoms with Gasteiger partial charge in [-0.15, -0.1) is 11.3 Å². The summed E-state index contributed by atoms with van der Waals surface area (Å²) in [5.74, 6) is -1.00. The Morgan fingerprint density at radius 1 is 1.40 bits per heavy atom. The number of rotatable bonds is 3. The summed E-state index contributed by atoms with van der Waals surface area (Å²) < 4.78 is 26.7. The Hall–Kier alpha value is -1.82. The third-order valence-corrected chi connectivity index (χ3v) is 3.84. The van der Waals surface area contributed by atoms with Gasteiger partial charge < -0.3 is 5.32 Å². The molecule has 2 aromatic rings. The van der Waals surface area contributed by atoms with Crippen molar-refractivity contribution in [1.29, 1.82) is 0 Å². The van der Waals surface area contributed by atoms with Crippen LogP contribution in [0.5, 0.6) is 0 Å². The molecular formula is C14H15F2N3S. The number of aliphatic imine (C=N–C) groups is 1. The molecular weight excluding hydrogens is 280 g/mol. The van der Waals surface area contributed by atoms with Crippen molar-refractivity contribution in [2.75, 3.05) is 7.05 Å². The highest BCUT2D eigenvalue weighted by atomic mass is 32.1. The summed E-state index contributed by atoms with van der Waals surface area (Å²) in [6, 6.07) is 2.52. The van der Waals surface area contributed by atoms with Crippen molar-refractivity contribution in [2.45, 2.75) is 19.9 Å². The highest BCUT2D eigenvalue weighted by molar-refractivity contribution is 7.11. The van der Waals surface area contributed by atoms with Gasteiger partial charge in [0.15, 0.2) is 22.5 Å². The fourth-order valence-electron chi connectivity index (χ4n) is 1.98. The van der Waals surface area contributed by atoms with Crippen molar-refractivity contribution in [2.24, 2.45) is 4.99 Å². The Kier molecular flexibility index (Phi) is 4.44. The first-order valence-electron chi connectivity index (χ1n) is 6.12. The van der Waals surface area contributed by atoms with Crippen LogP contribution in [-0.2, 0) is 0 Å². The van der Waals surface area contributed by atoms with E-state index in [1.807, 2.05) is 12.3 Å². The summed E-state index contributed by atoms with van der Waals surface area (Å²) in [5.41, 5.74) is 1.00. The molecule has 0 amide bonds. The molecule has 0 aliphatic carbocycles. The normalized spacial score (nSPS) is 13.3. The van der Waals surface area contributed by atoms with Crippen LogP contribution in [0.15, 0.2) is 28.7 Å². The van der Waals surface area contributed by atoms with Crippen molar-refractivity contribution < 1.29 is 8.78 Å². The number of aromatic nitrogens is 1. The topological polar surface area (TPSA) is 37.3 Å². The quantitative estimate of drug-likeness (QED) is 0.695. The molecule has 0 unspecified atom stereocenters. The zero-order chi connectivity index (χ0) is 14.7. The van der Waals surface area contributed by atoms with Crippen LogP contribution in [0.3, 0.4) is 0 Å². The van der Waals surface area contributed by atoms with Crippen molar-refractivity contribution in [3.05, 3.63) is 51.5 Å². The fraction of sp³-hybridized carbons (Fsp3) is 0.286. The predicted molar refractivity (Wildman–Crippen MR) is 77.2 cm³/mol. The Labute approximate surface area is 120 Å². The third-order valence-electron chi connectivity index (χ3n) is 3.06. The molecule has 0 saturated heterocycles. The van der Waals surface area contributed by atoms with Crippen LogP contribution in [-0.4, -0.2) is 17.9 Å². The van der Waals surface area contributed by atoms with Gasteiger partial charge in [0, 0.05) is 18.6 Å². The number of nitrogens with one attached hydrogen (secondary N) is 1. The number of amidine groups is 1. The molecule has 3 nitrogen and oxygen atoms in total. The SMILES string of the molecule is CN=C(N[C@H](C)c1ccc(F)c(F)c1C)c1nccs1. The molecule has 1 N–H and O–H groups in total. The summed E-state index contributed by atoms with van der Waals surface area (Å²) in [7, 11) is 1.66. The minimum Gasteiger partial charge on any atom is -0.361 e. The first kappa shape index (κ1) is 14.6. The molecule has 1 aromatic heterocycles. The zero-order valence-electron chi connectivity index (χ0n) is 11.4. The molecule has 1 heterocycles. The second kappa shape index (κ2) is 6.09. The van der Waals surface area contributed by atoms with Gasteiger partial charge in [-0.3, -0.25) is 4.99 Å². The van der Waals surface area contributed by atoms with Gasteiger partial charge in [0.05, 0.1) is 6.04 Å². The van der Waals surface area contributed by atoms with E-state index in [0.29, 0.717) is 17.0 Å². The van der Waals surface area contributed by atoms with Crippen LogP contribution < -0.4 is 5.32 Å². The molecule has 1 atom stereocenters.